The fraction of sp³-hybridized carbons (Fsp3) is 0.375. The van der Waals surface area contributed by atoms with E-state index in [2.05, 4.69) is 46.5 Å². The molecule has 30 heavy (non-hydrogen) atoms. The van der Waals surface area contributed by atoms with Crippen molar-refractivity contribution in [3.63, 3.8) is 0 Å². The van der Waals surface area contributed by atoms with Gasteiger partial charge in [-0.25, -0.2) is 0 Å². The fourth-order valence-corrected chi connectivity index (χ4v) is 5.83. The van der Waals surface area contributed by atoms with Crippen LogP contribution < -0.4 is 0 Å². The number of thioether (sulfide) groups is 1. The van der Waals surface area contributed by atoms with Crippen molar-refractivity contribution < 1.29 is 4.79 Å². The van der Waals surface area contributed by atoms with Crippen molar-refractivity contribution in [2.45, 2.75) is 49.9 Å². The van der Waals surface area contributed by atoms with Crippen molar-refractivity contribution >= 4 is 23.4 Å². The Morgan fingerprint density at radius 3 is 2.47 bits per heavy atom. The molecule has 0 radical (unpaired) electrons. The summed E-state index contributed by atoms with van der Waals surface area (Å²) in [5.41, 5.74) is 3.75. The average molecular weight is 419 g/mol. The highest BCUT2D eigenvalue weighted by Gasteiger charge is 2.51. The van der Waals surface area contributed by atoms with Crippen LogP contribution in [0.25, 0.3) is 5.70 Å². The van der Waals surface area contributed by atoms with E-state index in [4.69, 9.17) is 0 Å². The van der Waals surface area contributed by atoms with Gasteiger partial charge in [-0.3, -0.25) is 14.7 Å². The second kappa shape index (κ2) is 8.53. The Kier molecular flexibility index (Phi) is 5.83. The fourth-order valence-electron chi connectivity index (χ4n) is 4.57. The lowest BCUT2D eigenvalue weighted by atomic mass is 9.78. The predicted octanol–water partition coefficient (Wildman–Crippen LogP) is 5.08. The van der Waals surface area contributed by atoms with Crippen LogP contribution in [0, 0.1) is 18.4 Å². The zero-order chi connectivity index (χ0) is 21.1. The van der Waals surface area contributed by atoms with E-state index in [-0.39, 0.29) is 11.3 Å². The molecule has 6 heteroatoms. The Morgan fingerprint density at radius 2 is 1.83 bits per heavy atom. The second-order valence-corrected chi connectivity index (χ2v) is 9.02. The van der Waals surface area contributed by atoms with Crippen molar-refractivity contribution in [2.24, 2.45) is 0 Å². The van der Waals surface area contributed by atoms with Crippen LogP contribution in [0.4, 0.5) is 0 Å². The van der Waals surface area contributed by atoms with E-state index in [1.54, 1.807) is 31.2 Å². The number of nitriles is 1. The number of likely N-dealkylation sites (N-methyl/N-ethyl adjacent to an activating group) is 1. The monoisotopic (exact) mass is 418 g/mol. The molecular formula is C24H26N4OS. The van der Waals surface area contributed by atoms with Gasteiger partial charge >= 0.3 is 0 Å². The first-order valence-electron chi connectivity index (χ1n) is 10.4. The molecule has 2 heterocycles. The Bertz CT molecular complexity index is 975. The minimum absolute atomic E-state index is 0.0292. The van der Waals surface area contributed by atoms with Gasteiger partial charge in [-0.2, -0.15) is 5.26 Å². The number of benzene rings is 1. The van der Waals surface area contributed by atoms with Gasteiger partial charge < -0.3 is 4.90 Å². The SMILES string of the molecule is Cc1ccc(C2=CSC(c3ccncc3)N2C2(C(=O)N(C)C#N)CCCCC2)cc1. The maximum Gasteiger partial charge on any atom is 0.261 e. The molecule has 1 unspecified atom stereocenters. The summed E-state index contributed by atoms with van der Waals surface area (Å²) in [6.45, 7) is 2.08. The van der Waals surface area contributed by atoms with Gasteiger partial charge in [0.25, 0.3) is 5.91 Å². The molecule has 1 aromatic heterocycles. The van der Waals surface area contributed by atoms with Gasteiger partial charge in [-0.15, -0.1) is 11.8 Å². The number of hydrogen-bond acceptors (Lipinski definition) is 5. The van der Waals surface area contributed by atoms with E-state index in [9.17, 15) is 10.1 Å². The number of aromatic nitrogens is 1. The normalized spacial score (nSPS) is 20.4. The lowest BCUT2D eigenvalue weighted by Crippen LogP contribution is -2.58. The third-order valence-corrected chi connectivity index (χ3v) is 7.24. The first kappa shape index (κ1) is 20.5. The summed E-state index contributed by atoms with van der Waals surface area (Å²) >= 11 is 1.72. The Morgan fingerprint density at radius 1 is 1.17 bits per heavy atom. The molecule has 1 amide bonds. The lowest BCUT2D eigenvalue weighted by molar-refractivity contribution is -0.140. The highest BCUT2D eigenvalue weighted by Crippen LogP contribution is 2.53. The number of rotatable bonds is 4. The summed E-state index contributed by atoms with van der Waals surface area (Å²) in [5, 5.41) is 11.6. The Hall–Kier alpha value is -2.78. The number of carbonyl (C=O) groups excluding carboxylic acids is 1. The van der Waals surface area contributed by atoms with Gasteiger partial charge in [0.2, 0.25) is 0 Å². The summed E-state index contributed by atoms with van der Waals surface area (Å²) in [6, 6.07) is 12.5. The van der Waals surface area contributed by atoms with Crippen LogP contribution in [0.15, 0.2) is 54.2 Å². The molecule has 1 saturated carbocycles. The highest BCUT2D eigenvalue weighted by atomic mass is 32.2. The number of hydrogen-bond donors (Lipinski definition) is 0. The average Bonchev–Trinajstić information content (AvgIpc) is 3.25. The smallest absolute Gasteiger partial charge is 0.261 e. The van der Waals surface area contributed by atoms with Crippen LogP contribution in [-0.2, 0) is 4.79 Å². The predicted molar refractivity (Wildman–Crippen MR) is 120 cm³/mol. The third-order valence-electron chi connectivity index (χ3n) is 6.14. The quantitative estimate of drug-likeness (QED) is 0.512. The first-order valence-corrected chi connectivity index (χ1v) is 11.3. The topological polar surface area (TPSA) is 60.2 Å². The standard InChI is InChI=1S/C24H26N4OS/c1-18-6-8-19(9-7-18)21-16-30-22(20-10-14-26-15-11-20)28(21)24(12-4-3-5-13-24)23(29)27(2)17-25/h6-11,14-16,22H,3-5,12-13H2,1-2H3. The Labute approximate surface area is 182 Å². The summed E-state index contributed by atoms with van der Waals surface area (Å²) in [6.07, 6.45) is 10.2. The lowest BCUT2D eigenvalue weighted by Gasteiger charge is -2.48. The number of aryl methyl sites for hydroxylation is 1. The molecule has 0 bridgehead atoms. The van der Waals surface area contributed by atoms with Crippen molar-refractivity contribution in [3.05, 3.63) is 70.9 Å². The van der Waals surface area contributed by atoms with E-state index in [1.807, 2.05) is 18.3 Å². The van der Waals surface area contributed by atoms with Gasteiger partial charge in [0.05, 0.1) is 5.70 Å². The molecular weight excluding hydrogens is 392 g/mol. The summed E-state index contributed by atoms with van der Waals surface area (Å²) < 4.78 is 0. The van der Waals surface area contributed by atoms with E-state index < -0.39 is 5.54 Å². The molecule has 1 aliphatic carbocycles. The van der Waals surface area contributed by atoms with Crippen molar-refractivity contribution in [1.82, 2.24) is 14.8 Å². The molecule has 2 aromatic rings. The van der Waals surface area contributed by atoms with Gasteiger partial charge in [0, 0.05) is 19.4 Å². The van der Waals surface area contributed by atoms with Crippen LogP contribution in [0.2, 0.25) is 0 Å². The van der Waals surface area contributed by atoms with Crippen LogP contribution >= 0.6 is 11.8 Å². The summed E-state index contributed by atoms with van der Waals surface area (Å²) in [5.74, 6) is -0.107. The van der Waals surface area contributed by atoms with Crippen LogP contribution in [0.3, 0.4) is 0 Å². The van der Waals surface area contributed by atoms with Crippen LogP contribution in [0.1, 0.15) is 54.2 Å². The zero-order valence-corrected chi connectivity index (χ0v) is 18.2. The number of nitrogens with zero attached hydrogens (tertiary/aromatic N) is 4. The maximum atomic E-state index is 13.7. The van der Waals surface area contributed by atoms with Crippen LogP contribution in [-0.4, -0.2) is 33.3 Å². The molecule has 0 spiro atoms. The molecule has 0 N–H and O–H groups in total. The van der Waals surface area contributed by atoms with E-state index >= 15 is 0 Å². The van der Waals surface area contributed by atoms with Crippen molar-refractivity contribution in [1.29, 1.82) is 5.26 Å². The minimum Gasteiger partial charge on any atom is -0.339 e. The van der Waals surface area contributed by atoms with Crippen LogP contribution in [0.5, 0.6) is 0 Å². The Balaban J connectivity index is 1.85. The zero-order valence-electron chi connectivity index (χ0n) is 17.4. The van der Waals surface area contributed by atoms with Gasteiger partial charge in [-0.1, -0.05) is 49.1 Å². The molecule has 1 atom stereocenters. The van der Waals surface area contributed by atoms with E-state index in [0.29, 0.717) is 0 Å². The number of pyridine rings is 1. The van der Waals surface area contributed by atoms with Gasteiger partial charge in [0.1, 0.15) is 10.9 Å². The first-order chi connectivity index (χ1) is 14.6. The molecule has 1 aliphatic heterocycles. The molecule has 2 aliphatic rings. The summed E-state index contributed by atoms with van der Waals surface area (Å²) in [4.78, 5) is 21.3. The second-order valence-electron chi connectivity index (χ2n) is 8.06. The third kappa shape index (κ3) is 3.59. The number of amides is 1. The number of carbonyl (C=O) groups is 1. The molecule has 1 aromatic carbocycles. The molecule has 1 fully saturated rings. The molecule has 5 nitrogen and oxygen atoms in total. The van der Waals surface area contributed by atoms with Gasteiger partial charge in [-0.05, 0) is 48.4 Å². The molecule has 154 valence electrons. The van der Waals surface area contributed by atoms with Crippen molar-refractivity contribution in [3.8, 4) is 6.19 Å². The maximum absolute atomic E-state index is 13.7. The van der Waals surface area contributed by atoms with E-state index in [0.717, 1.165) is 48.9 Å². The highest BCUT2D eigenvalue weighted by molar-refractivity contribution is 8.02. The van der Waals surface area contributed by atoms with Crippen molar-refractivity contribution in [2.75, 3.05) is 7.05 Å². The largest absolute Gasteiger partial charge is 0.339 e. The van der Waals surface area contributed by atoms with E-state index in [1.165, 1.54) is 10.5 Å². The van der Waals surface area contributed by atoms with Gasteiger partial charge in [0.15, 0.2) is 6.19 Å². The summed E-state index contributed by atoms with van der Waals surface area (Å²) in [7, 11) is 1.58. The molecule has 4 rings (SSSR count). The minimum atomic E-state index is -0.725. The molecule has 0 saturated heterocycles.